The minimum absolute atomic E-state index is 0.128. The number of fused-ring (bicyclic) bond motifs is 1. The van der Waals surface area contributed by atoms with E-state index >= 15 is 0 Å². The topological polar surface area (TPSA) is 80.6 Å². The van der Waals surface area contributed by atoms with E-state index in [0.29, 0.717) is 32.3 Å². The molecule has 30 heavy (non-hydrogen) atoms. The van der Waals surface area contributed by atoms with Crippen molar-refractivity contribution in [2.24, 2.45) is 0 Å². The van der Waals surface area contributed by atoms with Gasteiger partial charge in [-0.2, -0.15) is 0 Å². The smallest absolute Gasteiger partial charge is 0.216 e. The van der Waals surface area contributed by atoms with Crippen molar-refractivity contribution in [1.29, 1.82) is 0 Å². The van der Waals surface area contributed by atoms with Crippen LogP contribution in [0.3, 0.4) is 0 Å². The number of ether oxygens (including phenoxy) is 1. The number of nitrogens with zero attached hydrogens (tertiary/aromatic N) is 5. The lowest BCUT2D eigenvalue weighted by Crippen LogP contribution is -2.40. The summed E-state index contributed by atoms with van der Waals surface area (Å²) in [7, 11) is -3.09. The first-order valence-electron chi connectivity index (χ1n) is 11.1. The number of rotatable bonds is 5. The summed E-state index contributed by atoms with van der Waals surface area (Å²) in [5, 5.41) is -0.128. The summed E-state index contributed by atoms with van der Waals surface area (Å²) in [5.74, 6) is 1.22. The average molecular weight is 434 g/mol. The Kier molecular flexibility index (Phi) is 5.23. The first-order chi connectivity index (χ1) is 14.4. The number of morpholine rings is 1. The number of piperidine rings is 1. The van der Waals surface area contributed by atoms with Crippen LogP contribution < -0.4 is 4.90 Å². The minimum atomic E-state index is -3.09. The first kappa shape index (κ1) is 20.2. The lowest BCUT2D eigenvalue weighted by molar-refractivity contribution is 0.122. The van der Waals surface area contributed by atoms with Gasteiger partial charge in [0.2, 0.25) is 10.0 Å². The number of pyridine rings is 1. The summed E-state index contributed by atoms with van der Waals surface area (Å²) in [6, 6.07) is 2.50. The van der Waals surface area contributed by atoms with Gasteiger partial charge in [-0.1, -0.05) is 0 Å². The Balaban J connectivity index is 1.46. The first-order valence-corrected chi connectivity index (χ1v) is 12.6. The zero-order valence-electron chi connectivity index (χ0n) is 17.8. The van der Waals surface area contributed by atoms with Crippen molar-refractivity contribution >= 4 is 26.9 Å². The van der Waals surface area contributed by atoms with E-state index < -0.39 is 10.0 Å². The van der Waals surface area contributed by atoms with Gasteiger partial charge in [-0.3, -0.25) is 0 Å². The summed E-state index contributed by atoms with van der Waals surface area (Å²) < 4.78 is 34.6. The van der Waals surface area contributed by atoms with Crippen molar-refractivity contribution < 1.29 is 13.2 Å². The normalized spacial score (nSPS) is 22.3. The molecule has 3 fully saturated rings. The van der Waals surface area contributed by atoms with E-state index in [1.807, 2.05) is 6.33 Å². The van der Waals surface area contributed by atoms with Crippen LogP contribution in [0.25, 0.3) is 11.0 Å². The zero-order chi connectivity index (χ0) is 20.9. The van der Waals surface area contributed by atoms with Gasteiger partial charge < -0.3 is 14.2 Å². The largest absolute Gasteiger partial charge is 0.378 e. The molecule has 0 atom stereocenters. The van der Waals surface area contributed by atoms with E-state index in [-0.39, 0.29) is 11.2 Å². The van der Waals surface area contributed by atoms with Gasteiger partial charge in [0.1, 0.15) is 5.52 Å². The maximum Gasteiger partial charge on any atom is 0.216 e. The molecule has 1 aliphatic carbocycles. The van der Waals surface area contributed by atoms with E-state index in [4.69, 9.17) is 14.7 Å². The molecule has 2 aromatic heterocycles. The number of sulfonamides is 1. The standard InChI is InChI=1S/C21H31N5O3S/c1-15(2)26-14-22-20-19(26)13-18(23-21(20)24-9-11-29-12-10-24)16-5-7-25(8-6-16)30(27,28)17-3-4-17/h13-17H,3-12H2,1-2H3. The summed E-state index contributed by atoms with van der Waals surface area (Å²) in [6.07, 6.45) is 5.20. The Morgan fingerprint density at radius 3 is 2.40 bits per heavy atom. The van der Waals surface area contributed by atoms with Crippen molar-refractivity contribution in [2.45, 2.75) is 56.7 Å². The molecule has 0 unspecified atom stereocenters. The molecule has 0 spiro atoms. The molecule has 8 nitrogen and oxygen atoms in total. The zero-order valence-corrected chi connectivity index (χ0v) is 18.6. The molecule has 0 aromatic carbocycles. The van der Waals surface area contributed by atoms with Gasteiger partial charge in [0.15, 0.2) is 5.82 Å². The summed E-state index contributed by atoms with van der Waals surface area (Å²) >= 11 is 0. The van der Waals surface area contributed by atoms with Gasteiger partial charge in [-0.05, 0) is 45.6 Å². The third-order valence-electron chi connectivity index (χ3n) is 6.61. The molecule has 1 saturated carbocycles. The van der Waals surface area contributed by atoms with Crippen molar-refractivity contribution in [3.8, 4) is 0 Å². The molecule has 9 heteroatoms. The second-order valence-corrected chi connectivity index (χ2v) is 11.2. The van der Waals surface area contributed by atoms with Gasteiger partial charge in [-0.25, -0.2) is 22.7 Å². The summed E-state index contributed by atoms with van der Waals surface area (Å²) in [5.41, 5.74) is 3.13. The number of anilines is 1. The van der Waals surface area contributed by atoms with Gasteiger partial charge in [-0.15, -0.1) is 0 Å². The van der Waals surface area contributed by atoms with Crippen LogP contribution in [0.2, 0.25) is 0 Å². The SMILES string of the molecule is CC(C)n1cnc2c(N3CCOCC3)nc(C3CCN(S(=O)(=O)C4CC4)CC3)cc21. The van der Waals surface area contributed by atoms with Crippen LogP contribution in [0.1, 0.15) is 57.2 Å². The molecular formula is C21H31N5O3S. The maximum atomic E-state index is 12.6. The summed E-state index contributed by atoms with van der Waals surface area (Å²) in [4.78, 5) is 12.1. The third-order valence-corrected chi connectivity index (χ3v) is 9.01. The Morgan fingerprint density at radius 2 is 1.77 bits per heavy atom. The Labute approximate surface area is 178 Å². The molecule has 2 saturated heterocycles. The van der Waals surface area contributed by atoms with Crippen LogP contribution in [-0.2, 0) is 14.8 Å². The van der Waals surface area contributed by atoms with Crippen LogP contribution in [0.5, 0.6) is 0 Å². The van der Waals surface area contributed by atoms with E-state index in [9.17, 15) is 8.42 Å². The molecular weight excluding hydrogens is 402 g/mol. The van der Waals surface area contributed by atoms with E-state index in [1.165, 1.54) is 0 Å². The van der Waals surface area contributed by atoms with E-state index in [0.717, 1.165) is 61.3 Å². The van der Waals surface area contributed by atoms with Crippen molar-refractivity contribution in [3.05, 3.63) is 18.1 Å². The molecule has 2 aliphatic heterocycles. The van der Waals surface area contributed by atoms with Gasteiger partial charge in [0.05, 0.1) is 30.3 Å². The number of imidazole rings is 1. The number of hydrogen-bond donors (Lipinski definition) is 0. The maximum absolute atomic E-state index is 12.6. The molecule has 164 valence electrons. The van der Waals surface area contributed by atoms with Crippen LogP contribution in [-0.4, -0.2) is 71.9 Å². The average Bonchev–Trinajstić information content (AvgIpc) is 3.54. The van der Waals surface area contributed by atoms with Crippen molar-refractivity contribution in [1.82, 2.24) is 18.8 Å². The predicted molar refractivity (Wildman–Crippen MR) is 116 cm³/mol. The highest BCUT2D eigenvalue weighted by Crippen LogP contribution is 2.37. The van der Waals surface area contributed by atoms with Crippen LogP contribution in [0.15, 0.2) is 12.4 Å². The molecule has 0 amide bonds. The second-order valence-electron chi connectivity index (χ2n) is 9.00. The van der Waals surface area contributed by atoms with Crippen molar-refractivity contribution in [3.63, 3.8) is 0 Å². The Bertz CT molecular complexity index is 1020. The minimum Gasteiger partial charge on any atom is -0.378 e. The van der Waals surface area contributed by atoms with Gasteiger partial charge in [0.25, 0.3) is 0 Å². The molecule has 3 aliphatic rings. The summed E-state index contributed by atoms with van der Waals surface area (Å²) in [6.45, 7) is 8.56. The molecule has 5 rings (SSSR count). The van der Waals surface area contributed by atoms with Gasteiger partial charge in [0, 0.05) is 43.8 Å². The third kappa shape index (κ3) is 3.61. The van der Waals surface area contributed by atoms with Gasteiger partial charge >= 0.3 is 0 Å². The number of hydrogen-bond acceptors (Lipinski definition) is 6. The Hall–Kier alpha value is -1.71. The highest BCUT2D eigenvalue weighted by atomic mass is 32.2. The van der Waals surface area contributed by atoms with E-state index in [2.05, 4.69) is 29.4 Å². The fraction of sp³-hybridized carbons (Fsp3) is 0.714. The Morgan fingerprint density at radius 1 is 1.07 bits per heavy atom. The number of aromatic nitrogens is 3. The monoisotopic (exact) mass is 433 g/mol. The van der Waals surface area contributed by atoms with Crippen LogP contribution in [0.4, 0.5) is 5.82 Å². The highest BCUT2D eigenvalue weighted by Gasteiger charge is 2.41. The molecule has 0 bridgehead atoms. The fourth-order valence-corrected chi connectivity index (χ4v) is 6.51. The molecule has 4 heterocycles. The lowest BCUT2D eigenvalue weighted by atomic mass is 9.94. The lowest BCUT2D eigenvalue weighted by Gasteiger charge is -2.32. The van der Waals surface area contributed by atoms with Crippen LogP contribution in [0, 0.1) is 0 Å². The quantitative estimate of drug-likeness (QED) is 0.721. The van der Waals surface area contributed by atoms with Crippen molar-refractivity contribution in [2.75, 3.05) is 44.3 Å². The fourth-order valence-electron chi connectivity index (χ4n) is 4.63. The van der Waals surface area contributed by atoms with E-state index in [1.54, 1.807) is 4.31 Å². The molecule has 0 N–H and O–H groups in total. The molecule has 2 aromatic rings. The molecule has 0 radical (unpaired) electrons. The second kappa shape index (κ2) is 7.76. The predicted octanol–water partition coefficient (Wildman–Crippen LogP) is 2.52. The van der Waals surface area contributed by atoms with Crippen LogP contribution >= 0.6 is 0 Å². The highest BCUT2D eigenvalue weighted by molar-refractivity contribution is 7.90.